The van der Waals surface area contributed by atoms with Crippen molar-refractivity contribution in [2.24, 2.45) is 0 Å². The summed E-state index contributed by atoms with van der Waals surface area (Å²) in [5.74, 6) is 0.0905. The van der Waals surface area contributed by atoms with Crippen LogP contribution >= 0.6 is 27.5 Å². The number of carbonyl (C=O) groups excluding carboxylic acids is 1. The first-order valence-corrected chi connectivity index (χ1v) is 8.52. The Morgan fingerprint density at radius 3 is 2.77 bits per heavy atom. The number of halogens is 3. The van der Waals surface area contributed by atoms with Crippen molar-refractivity contribution in [1.82, 2.24) is 30.0 Å². The van der Waals surface area contributed by atoms with Gasteiger partial charge in [-0.15, -0.1) is 0 Å². The van der Waals surface area contributed by atoms with E-state index in [1.54, 1.807) is 25.4 Å². The quantitative estimate of drug-likeness (QED) is 0.605. The number of carbonyl (C=O) groups is 1. The van der Waals surface area contributed by atoms with Crippen molar-refractivity contribution in [2.75, 3.05) is 5.32 Å². The van der Waals surface area contributed by atoms with E-state index in [4.69, 9.17) is 11.6 Å². The van der Waals surface area contributed by atoms with E-state index in [-0.39, 0.29) is 10.7 Å². The molecule has 11 heteroatoms. The number of rotatable bonds is 4. The summed E-state index contributed by atoms with van der Waals surface area (Å²) in [5, 5.41) is 9.35. The lowest BCUT2D eigenvalue weighted by Gasteiger charge is -2.15. The van der Waals surface area contributed by atoms with Gasteiger partial charge in [-0.1, -0.05) is 11.6 Å². The van der Waals surface area contributed by atoms with Crippen LogP contribution in [0.5, 0.6) is 0 Å². The Morgan fingerprint density at radius 2 is 2.04 bits per heavy atom. The molecule has 1 atom stereocenters. The van der Waals surface area contributed by atoms with Gasteiger partial charge in [0.1, 0.15) is 12.1 Å². The van der Waals surface area contributed by atoms with E-state index in [1.165, 1.54) is 17.1 Å². The zero-order valence-corrected chi connectivity index (χ0v) is 15.7. The minimum Gasteiger partial charge on any atom is -0.328 e. The summed E-state index contributed by atoms with van der Waals surface area (Å²) in [4.78, 5) is 24.5. The predicted molar refractivity (Wildman–Crippen MR) is 96.6 cm³/mol. The summed E-state index contributed by atoms with van der Waals surface area (Å²) < 4.78 is 15.8. The second kappa shape index (κ2) is 7.75. The van der Waals surface area contributed by atoms with E-state index in [2.05, 4.69) is 46.6 Å². The van der Waals surface area contributed by atoms with Crippen molar-refractivity contribution in [2.45, 2.75) is 13.0 Å². The molecule has 1 aromatic carbocycles. The average molecular weight is 441 g/mol. The van der Waals surface area contributed by atoms with E-state index in [0.29, 0.717) is 16.2 Å². The SMILES string of the molecule is C[C@H](NC(=O)Nc1cc(Br)c(Cl)cc1F)c1ncnn1-c1ncccn1. The second-order valence-corrected chi connectivity index (χ2v) is 6.41. The van der Waals surface area contributed by atoms with Crippen LogP contribution in [0.25, 0.3) is 5.95 Å². The third-order valence-corrected chi connectivity index (χ3v) is 4.51. The first-order chi connectivity index (χ1) is 12.5. The van der Waals surface area contributed by atoms with Gasteiger partial charge < -0.3 is 10.6 Å². The number of benzene rings is 1. The number of aromatic nitrogens is 5. The molecule has 2 aromatic heterocycles. The topological polar surface area (TPSA) is 97.6 Å². The van der Waals surface area contributed by atoms with Crippen LogP contribution in [0.2, 0.25) is 5.02 Å². The first kappa shape index (κ1) is 18.2. The second-order valence-electron chi connectivity index (χ2n) is 5.15. The standard InChI is InChI=1S/C15H12BrClFN7O/c1-8(13-21-7-22-25(13)14-19-3-2-4-20-14)23-15(26)24-12-5-9(16)10(17)6-11(12)18/h2-8H,1H3,(H2,23,24,26)/t8-/m0/s1. The highest BCUT2D eigenvalue weighted by atomic mass is 79.9. The Balaban J connectivity index is 1.73. The van der Waals surface area contributed by atoms with Gasteiger partial charge in [0.15, 0.2) is 5.82 Å². The molecule has 8 nitrogen and oxygen atoms in total. The van der Waals surface area contributed by atoms with Gasteiger partial charge >= 0.3 is 6.03 Å². The Kier molecular flexibility index (Phi) is 5.43. The van der Waals surface area contributed by atoms with Gasteiger partial charge in [0.05, 0.1) is 16.8 Å². The molecule has 0 fully saturated rings. The Hall–Kier alpha value is -2.59. The Morgan fingerprint density at radius 1 is 1.31 bits per heavy atom. The minimum absolute atomic E-state index is 0.0150. The van der Waals surface area contributed by atoms with Crippen LogP contribution < -0.4 is 10.6 Å². The Bertz CT molecular complexity index is 937. The predicted octanol–water partition coefficient (Wildman–Crippen LogP) is 3.50. The Labute approximate surface area is 161 Å². The molecule has 26 heavy (non-hydrogen) atoms. The molecule has 0 saturated heterocycles. The summed E-state index contributed by atoms with van der Waals surface area (Å²) in [6.07, 6.45) is 4.47. The third kappa shape index (κ3) is 3.97. The van der Waals surface area contributed by atoms with Crippen LogP contribution in [0.15, 0.2) is 41.4 Å². The molecular weight excluding hydrogens is 429 g/mol. The maximum Gasteiger partial charge on any atom is 0.319 e. The lowest BCUT2D eigenvalue weighted by Crippen LogP contribution is -2.33. The van der Waals surface area contributed by atoms with Crippen molar-refractivity contribution < 1.29 is 9.18 Å². The summed E-state index contributed by atoms with van der Waals surface area (Å²) >= 11 is 8.99. The maximum absolute atomic E-state index is 13.9. The molecule has 0 saturated carbocycles. The summed E-state index contributed by atoms with van der Waals surface area (Å²) in [6.45, 7) is 1.71. The number of hydrogen-bond acceptors (Lipinski definition) is 5. The van der Waals surface area contributed by atoms with Crippen molar-refractivity contribution in [3.63, 3.8) is 0 Å². The molecule has 3 aromatic rings. The summed E-state index contributed by atoms with van der Waals surface area (Å²) in [7, 11) is 0. The van der Waals surface area contributed by atoms with Gasteiger partial charge in [-0.2, -0.15) is 9.78 Å². The largest absolute Gasteiger partial charge is 0.328 e. The number of hydrogen-bond donors (Lipinski definition) is 2. The van der Waals surface area contributed by atoms with Gasteiger partial charge in [-0.25, -0.2) is 24.1 Å². The highest BCUT2D eigenvalue weighted by Gasteiger charge is 2.19. The zero-order valence-electron chi connectivity index (χ0n) is 13.3. The molecule has 0 spiro atoms. The highest BCUT2D eigenvalue weighted by Crippen LogP contribution is 2.28. The summed E-state index contributed by atoms with van der Waals surface area (Å²) in [5.41, 5.74) is -0.0150. The van der Waals surface area contributed by atoms with E-state index in [1.807, 2.05) is 0 Å². The fourth-order valence-electron chi connectivity index (χ4n) is 2.14. The van der Waals surface area contributed by atoms with E-state index in [0.717, 1.165) is 6.07 Å². The minimum atomic E-state index is -0.651. The van der Waals surface area contributed by atoms with Gasteiger partial charge in [0.2, 0.25) is 0 Å². The zero-order chi connectivity index (χ0) is 18.7. The number of nitrogens with zero attached hydrogens (tertiary/aromatic N) is 5. The molecule has 0 aliphatic carbocycles. The molecule has 3 rings (SSSR count). The van der Waals surface area contributed by atoms with E-state index >= 15 is 0 Å². The molecule has 0 bridgehead atoms. The van der Waals surface area contributed by atoms with Crippen LogP contribution in [0.1, 0.15) is 18.8 Å². The smallest absolute Gasteiger partial charge is 0.319 e. The van der Waals surface area contributed by atoms with Gasteiger partial charge in [-0.3, -0.25) is 0 Å². The molecular formula is C15H12BrClFN7O. The monoisotopic (exact) mass is 439 g/mol. The van der Waals surface area contributed by atoms with Crippen molar-refractivity contribution in [3.8, 4) is 5.95 Å². The van der Waals surface area contributed by atoms with Gasteiger partial charge in [-0.05, 0) is 41.1 Å². The highest BCUT2D eigenvalue weighted by molar-refractivity contribution is 9.10. The first-order valence-electron chi connectivity index (χ1n) is 7.35. The molecule has 2 N–H and O–H groups in total. The number of nitrogens with one attached hydrogen (secondary N) is 2. The van der Waals surface area contributed by atoms with Crippen LogP contribution in [-0.2, 0) is 0 Å². The van der Waals surface area contributed by atoms with Crippen LogP contribution in [0, 0.1) is 5.82 Å². The van der Waals surface area contributed by atoms with E-state index < -0.39 is 17.9 Å². The molecule has 0 aliphatic heterocycles. The van der Waals surface area contributed by atoms with Crippen LogP contribution in [-0.4, -0.2) is 30.8 Å². The fourth-order valence-corrected chi connectivity index (χ4v) is 2.63. The number of urea groups is 1. The molecule has 2 heterocycles. The van der Waals surface area contributed by atoms with Gasteiger partial charge in [0, 0.05) is 16.9 Å². The molecule has 2 amide bonds. The molecule has 0 radical (unpaired) electrons. The van der Waals surface area contributed by atoms with Gasteiger partial charge in [0.25, 0.3) is 5.95 Å². The molecule has 0 unspecified atom stereocenters. The normalized spacial score (nSPS) is 11.8. The summed E-state index contributed by atoms with van der Waals surface area (Å²) in [6, 6.07) is 3.00. The lowest BCUT2D eigenvalue weighted by molar-refractivity contribution is 0.248. The average Bonchev–Trinajstić information content (AvgIpc) is 3.10. The van der Waals surface area contributed by atoms with E-state index in [9.17, 15) is 9.18 Å². The number of anilines is 1. The van der Waals surface area contributed by atoms with Crippen LogP contribution in [0.4, 0.5) is 14.9 Å². The van der Waals surface area contributed by atoms with Crippen LogP contribution in [0.3, 0.4) is 0 Å². The third-order valence-electron chi connectivity index (χ3n) is 3.31. The van der Waals surface area contributed by atoms with Crippen molar-refractivity contribution in [1.29, 1.82) is 0 Å². The van der Waals surface area contributed by atoms with Crippen molar-refractivity contribution >= 4 is 39.2 Å². The van der Waals surface area contributed by atoms with Crippen molar-refractivity contribution in [3.05, 3.63) is 58.1 Å². The lowest BCUT2D eigenvalue weighted by atomic mass is 10.3. The molecule has 134 valence electrons. The maximum atomic E-state index is 13.9. The fraction of sp³-hybridized carbons (Fsp3) is 0.133. The molecule has 0 aliphatic rings. The number of amides is 2.